The molecule has 1 aromatic carbocycles. The van der Waals surface area contributed by atoms with Gasteiger partial charge in [0.25, 0.3) is 0 Å². The highest BCUT2D eigenvalue weighted by Crippen LogP contribution is 2.19. The molecule has 0 heterocycles. The molecule has 0 aliphatic heterocycles. The zero-order valence-electron chi connectivity index (χ0n) is 8.85. The highest BCUT2D eigenvalue weighted by Gasteiger charge is 1.99. The van der Waals surface area contributed by atoms with E-state index in [4.69, 9.17) is 4.74 Å². The molecule has 0 saturated carbocycles. The minimum Gasteiger partial charge on any atom is -0.385 e. The zero-order chi connectivity index (χ0) is 10.4. The Hall–Kier alpha value is -0.340. The van der Waals surface area contributed by atoms with Crippen molar-refractivity contribution in [2.75, 3.05) is 13.7 Å². The van der Waals surface area contributed by atoms with Gasteiger partial charge in [-0.25, -0.2) is 0 Å². The predicted molar refractivity (Wildman–Crippen MR) is 63.7 cm³/mol. The number of benzene rings is 1. The van der Waals surface area contributed by atoms with Crippen LogP contribution in [-0.2, 0) is 17.6 Å². The molecule has 0 radical (unpaired) electrons. The molecule has 0 amide bonds. The average molecular weight is 257 g/mol. The molecule has 0 spiro atoms. The average Bonchev–Trinajstić information content (AvgIpc) is 2.18. The SMILES string of the molecule is CCc1ccc(CCCOC)cc1Br. The second-order valence-electron chi connectivity index (χ2n) is 3.38. The Balaban J connectivity index is 2.57. The van der Waals surface area contributed by atoms with Crippen molar-refractivity contribution in [3.8, 4) is 0 Å². The molecule has 0 saturated heterocycles. The summed E-state index contributed by atoms with van der Waals surface area (Å²) in [5, 5.41) is 0. The predicted octanol–water partition coefficient (Wildman–Crippen LogP) is 3.59. The molecule has 0 unspecified atom stereocenters. The fourth-order valence-corrected chi connectivity index (χ4v) is 2.16. The number of halogens is 1. The number of methoxy groups -OCH3 is 1. The summed E-state index contributed by atoms with van der Waals surface area (Å²) in [5.74, 6) is 0. The molecule has 2 heteroatoms. The van der Waals surface area contributed by atoms with E-state index >= 15 is 0 Å². The Morgan fingerprint density at radius 1 is 1.36 bits per heavy atom. The lowest BCUT2D eigenvalue weighted by Crippen LogP contribution is -1.93. The second kappa shape index (κ2) is 6.20. The minimum absolute atomic E-state index is 0.840. The lowest BCUT2D eigenvalue weighted by Gasteiger charge is -2.05. The molecule has 0 bridgehead atoms. The van der Waals surface area contributed by atoms with Crippen molar-refractivity contribution in [3.63, 3.8) is 0 Å². The Morgan fingerprint density at radius 3 is 2.71 bits per heavy atom. The van der Waals surface area contributed by atoms with Crippen molar-refractivity contribution in [1.82, 2.24) is 0 Å². The van der Waals surface area contributed by atoms with Gasteiger partial charge in [0.1, 0.15) is 0 Å². The molecule has 0 N–H and O–H groups in total. The van der Waals surface area contributed by atoms with Gasteiger partial charge in [0.2, 0.25) is 0 Å². The van der Waals surface area contributed by atoms with Gasteiger partial charge in [-0.1, -0.05) is 35.0 Å². The van der Waals surface area contributed by atoms with Crippen molar-refractivity contribution in [3.05, 3.63) is 33.8 Å². The van der Waals surface area contributed by atoms with Gasteiger partial charge in [-0.2, -0.15) is 0 Å². The van der Waals surface area contributed by atoms with Gasteiger partial charge in [0, 0.05) is 18.2 Å². The van der Waals surface area contributed by atoms with Crippen molar-refractivity contribution < 1.29 is 4.74 Å². The molecule has 0 aliphatic carbocycles. The Kier molecular flexibility index (Phi) is 5.20. The molecule has 0 aromatic heterocycles. The first kappa shape index (κ1) is 11.7. The van der Waals surface area contributed by atoms with Crippen molar-refractivity contribution in [1.29, 1.82) is 0 Å². The molecule has 0 aliphatic rings. The maximum atomic E-state index is 5.03. The smallest absolute Gasteiger partial charge is 0.0465 e. The third-order valence-corrected chi connectivity index (χ3v) is 3.05. The minimum atomic E-state index is 0.840. The van der Waals surface area contributed by atoms with Crippen LogP contribution in [0.4, 0.5) is 0 Å². The van der Waals surface area contributed by atoms with Gasteiger partial charge in [-0.15, -0.1) is 0 Å². The molecule has 78 valence electrons. The van der Waals surface area contributed by atoms with E-state index in [-0.39, 0.29) is 0 Å². The van der Waals surface area contributed by atoms with Gasteiger partial charge in [-0.05, 0) is 36.5 Å². The van der Waals surface area contributed by atoms with Crippen LogP contribution in [0, 0.1) is 0 Å². The van der Waals surface area contributed by atoms with Gasteiger partial charge >= 0.3 is 0 Å². The monoisotopic (exact) mass is 256 g/mol. The molecule has 0 fully saturated rings. The van der Waals surface area contributed by atoms with Gasteiger partial charge in [0.05, 0.1) is 0 Å². The van der Waals surface area contributed by atoms with E-state index in [9.17, 15) is 0 Å². The Bertz CT molecular complexity index is 284. The second-order valence-corrected chi connectivity index (χ2v) is 4.23. The van der Waals surface area contributed by atoms with Crippen LogP contribution in [-0.4, -0.2) is 13.7 Å². The number of ether oxygens (including phenoxy) is 1. The molecular weight excluding hydrogens is 240 g/mol. The Labute approximate surface area is 94.6 Å². The molecule has 1 nitrogen and oxygen atoms in total. The first-order chi connectivity index (χ1) is 6.77. The summed E-state index contributed by atoms with van der Waals surface area (Å²) in [4.78, 5) is 0. The summed E-state index contributed by atoms with van der Waals surface area (Å²) in [7, 11) is 1.75. The van der Waals surface area contributed by atoms with Gasteiger partial charge in [0.15, 0.2) is 0 Å². The van der Waals surface area contributed by atoms with Crippen LogP contribution in [0.15, 0.2) is 22.7 Å². The van der Waals surface area contributed by atoms with E-state index in [0.717, 1.165) is 25.9 Å². The fraction of sp³-hybridized carbons (Fsp3) is 0.500. The van der Waals surface area contributed by atoms with Crippen LogP contribution in [0.5, 0.6) is 0 Å². The number of rotatable bonds is 5. The van der Waals surface area contributed by atoms with Crippen LogP contribution >= 0.6 is 15.9 Å². The quantitative estimate of drug-likeness (QED) is 0.732. The van der Waals surface area contributed by atoms with Gasteiger partial charge in [-0.3, -0.25) is 0 Å². The van der Waals surface area contributed by atoms with Crippen LogP contribution in [0.3, 0.4) is 0 Å². The number of hydrogen-bond donors (Lipinski definition) is 0. The van der Waals surface area contributed by atoms with E-state index in [1.165, 1.54) is 15.6 Å². The lowest BCUT2D eigenvalue weighted by molar-refractivity contribution is 0.195. The summed E-state index contributed by atoms with van der Waals surface area (Å²) >= 11 is 3.59. The standard InChI is InChI=1S/C12H17BrO/c1-3-11-7-6-10(9-12(11)13)5-4-8-14-2/h6-7,9H,3-5,8H2,1-2H3. The maximum absolute atomic E-state index is 5.03. The molecular formula is C12H17BrO. The van der Waals surface area contributed by atoms with Crippen LogP contribution in [0.2, 0.25) is 0 Å². The summed E-state index contributed by atoms with van der Waals surface area (Å²) in [5.41, 5.74) is 2.76. The summed E-state index contributed by atoms with van der Waals surface area (Å²) < 4.78 is 6.26. The number of hydrogen-bond acceptors (Lipinski definition) is 1. The maximum Gasteiger partial charge on any atom is 0.0465 e. The van der Waals surface area contributed by atoms with E-state index < -0.39 is 0 Å². The normalized spacial score (nSPS) is 10.5. The lowest BCUT2D eigenvalue weighted by atomic mass is 10.1. The third-order valence-electron chi connectivity index (χ3n) is 2.31. The van der Waals surface area contributed by atoms with Crippen molar-refractivity contribution in [2.24, 2.45) is 0 Å². The fourth-order valence-electron chi connectivity index (χ4n) is 1.45. The first-order valence-electron chi connectivity index (χ1n) is 5.04. The van der Waals surface area contributed by atoms with Crippen LogP contribution in [0.1, 0.15) is 24.5 Å². The molecule has 0 atom stereocenters. The van der Waals surface area contributed by atoms with E-state index in [1.54, 1.807) is 7.11 Å². The summed E-state index contributed by atoms with van der Waals surface area (Å²) in [6, 6.07) is 6.62. The van der Waals surface area contributed by atoms with E-state index in [0.29, 0.717) is 0 Å². The first-order valence-corrected chi connectivity index (χ1v) is 5.83. The zero-order valence-corrected chi connectivity index (χ0v) is 10.4. The van der Waals surface area contributed by atoms with E-state index in [2.05, 4.69) is 41.1 Å². The highest BCUT2D eigenvalue weighted by atomic mass is 79.9. The van der Waals surface area contributed by atoms with E-state index in [1.807, 2.05) is 0 Å². The van der Waals surface area contributed by atoms with Crippen LogP contribution < -0.4 is 0 Å². The summed E-state index contributed by atoms with van der Waals surface area (Å²) in [6.07, 6.45) is 3.27. The molecule has 14 heavy (non-hydrogen) atoms. The topological polar surface area (TPSA) is 9.23 Å². The van der Waals surface area contributed by atoms with Crippen molar-refractivity contribution in [2.45, 2.75) is 26.2 Å². The largest absolute Gasteiger partial charge is 0.385 e. The molecule has 1 aromatic rings. The Morgan fingerprint density at radius 2 is 2.14 bits per heavy atom. The van der Waals surface area contributed by atoms with Gasteiger partial charge < -0.3 is 4.74 Å². The van der Waals surface area contributed by atoms with Crippen molar-refractivity contribution >= 4 is 15.9 Å². The third kappa shape index (κ3) is 3.43. The summed E-state index contributed by atoms with van der Waals surface area (Å²) in [6.45, 7) is 3.01. The van der Waals surface area contributed by atoms with Crippen LogP contribution in [0.25, 0.3) is 0 Å². The number of aryl methyl sites for hydroxylation is 2. The molecule has 1 rings (SSSR count). The highest BCUT2D eigenvalue weighted by molar-refractivity contribution is 9.10.